The van der Waals surface area contributed by atoms with Gasteiger partial charge in [-0.05, 0) is 44.5 Å². The molecule has 0 spiro atoms. The number of amides is 2. The van der Waals surface area contributed by atoms with Crippen molar-refractivity contribution in [3.05, 3.63) is 58.2 Å². The molecule has 2 amide bonds. The average Bonchev–Trinajstić information content (AvgIpc) is 2.66. The van der Waals surface area contributed by atoms with Crippen LogP contribution in [0.25, 0.3) is 0 Å². The fourth-order valence-electron chi connectivity index (χ4n) is 2.59. The first-order valence-electron chi connectivity index (χ1n) is 9.15. The molecule has 0 fully saturated rings. The molecule has 0 saturated carbocycles. The van der Waals surface area contributed by atoms with Gasteiger partial charge in [-0.2, -0.15) is 0 Å². The molecule has 6 nitrogen and oxygen atoms in total. The Bertz CT molecular complexity index is 835. The van der Waals surface area contributed by atoms with Crippen LogP contribution in [-0.4, -0.2) is 53.3 Å². The molecule has 0 atom stereocenters. The van der Waals surface area contributed by atoms with E-state index in [4.69, 9.17) is 16.3 Å². The van der Waals surface area contributed by atoms with Gasteiger partial charge in [-0.3, -0.25) is 9.59 Å². The maximum absolute atomic E-state index is 12.9. The molecule has 0 aliphatic carbocycles. The number of halogens is 1. The molecule has 0 saturated heterocycles. The van der Waals surface area contributed by atoms with E-state index < -0.39 is 0 Å². The number of rotatable bonds is 7. The molecule has 7 heteroatoms. The molecule has 0 aliphatic heterocycles. The lowest BCUT2D eigenvalue weighted by Crippen LogP contribution is -2.30. The van der Waals surface area contributed by atoms with E-state index in [0.717, 1.165) is 5.56 Å². The zero-order valence-corrected chi connectivity index (χ0v) is 17.7. The zero-order chi connectivity index (χ0) is 20.8. The van der Waals surface area contributed by atoms with Gasteiger partial charge in [0.1, 0.15) is 5.02 Å². The van der Waals surface area contributed by atoms with Crippen LogP contribution in [-0.2, 0) is 6.54 Å². The van der Waals surface area contributed by atoms with Crippen molar-refractivity contribution in [1.29, 1.82) is 0 Å². The van der Waals surface area contributed by atoms with E-state index in [-0.39, 0.29) is 17.9 Å². The maximum atomic E-state index is 12.9. The maximum Gasteiger partial charge on any atom is 0.255 e. The van der Waals surface area contributed by atoms with Crippen molar-refractivity contribution in [3.8, 4) is 5.88 Å². The number of hydrogen-bond donors (Lipinski definition) is 0. The summed E-state index contributed by atoms with van der Waals surface area (Å²) in [4.78, 5) is 32.2. The highest BCUT2D eigenvalue weighted by Gasteiger charge is 2.18. The van der Waals surface area contributed by atoms with Crippen LogP contribution >= 0.6 is 11.6 Å². The van der Waals surface area contributed by atoms with Gasteiger partial charge >= 0.3 is 0 Å². The van der Waals surface area contributed by atoms with Crippen molar-refractivity contribution in [3.63, 3.8) is 0 Å². The third-order valence-electron chi connectivity index (χ3n) is 4.05. The van der Waals surface area contributed by atoms with E-state index in [1.165, 1.54) is 11.1 Å². The van der Waals surface area contributed by atoms with Crippen LogP contribution in [0.4, 0.5) is 0 Å². The summed E-state index contributed by atoms with van der Waals surface area (Å²) in [5.41, 5.74) is 1.95. The lowest BCUT2D eigenvalue weighted by molar-refractivity contribution is 0.0751. The van der Waals surface area contributed by atoms with E-state index in [9.17, 15) is 9.59 Å². The van der Waals surface area contributed by atoms with E-state index in [2.05, 4.69) is 4.98 Å². The van der Waals surface area contributed by atoms with Crippen molar-refractivity contribution < 1.29 is 14.3 Å². The molecule has 1 heterocycles. The molecule has 0 aliphatic rings. The second-order valence-corrected chi connectivity index (χ2v) is 7.30. The van der Waals surface area contributed by atoms with Gasteiger partial charge < -0.3 is 14.5 Å². The van der Waals surface area contributed by atoms with Crippen LogP contribution in [0.1, 0.15) is 47.1 Å². The number of nitrogens with zero attached hydrogens (tertiary/aromatic N) is 3. The summed E-state index contributed by atoms with van der Waals surface area (Å²) in [5, 5.41) is 0.308. The fraction of sp³-hybridized carbons (Fsp3) is 0.381. The largest absolute Gasteiger partial charge is 0.474 e. The topological polar surface area (TPSA) is 62.7 Å². The summed E-state index contributed by atoms with van der Waals surface area (Å²) < 4.78 is 5.51. The SMILES string of the molecule is CCN(Cc1ccc(C(=O)N(C)C)cc1)C(=O)c1cnc(OC(C)C)c(Cl)c1. The van der Waals surface area contributed by atoms with Crippen LogP contribution in [0.5, 0.6) is 5.88 Å². The summed E-state index contributed by atoms with van der Waals surface area (Å²) in [6, 6.07) is 8.84. The van der Waals surface area contributed by atoms with Crippen LogP contribution < -0.4 is 4.74 Å². The van der Waals surface area contributed by atoms with Crippen molar-refractivity contribution in [2.45, 2.75) is 33.4 Å². The quantitative estimate of drug-likeness (QED) is 0.703. The molecule has 2 aromatic rings. The average molecular weight is 404 g/mol. The minimum Gasteiger partial charge on any atom is -0.474 e. The number of pyridine rings is 1. The lowest BCUT2D eigenvalue weighted by atomic mass is 10.1. The van der Waals surface area contributed by atoms with E-state index >= 15 is 0 Å². The summed E-state index contributed by atoms with van der Waals surface area (Å²) in [5.74, 6) is 0.0956. The normalized spacial score (nSPS) is 10.7. The molecular weight excluding hydrogens is 378 g/mol. The van der Waals surface area contributed by atoms with Crippen LogP contribution in [0, 0.1) is 0 Å². The van der Waals surface area contributed by atoms with Gasteiger partial charge in [0, 0.05) is 38.9 Å². The van der Waals surface area contributed by atoms with Crippen molar-refractivity contribution >= 4 is 23.4 Å². The molecule has 150 valence electrons. The molecule has 0 N–H and O–H groups in total. The van der Waals surface area contributed by atoms with Gasteiger partial charge in [-0.15, -0.1) is 0 Å². The van der Waals surface area contributed by atoms with Crippen molar-refractivity contribution in [2.75, 3.05) is 20.6 Å². The van der Waals surface area contributed by atoms with E-state index in [1.54, 1.807) is 37.2 Å². The number of carbonyl (C=O) groups is 2. The molecule has 0 bridgehead atoms. The Hall–Kier alpha value is -2.60. The minimum absolute atomic E-state index is 0.0546. The Morgan fingerprint density at radius 1 is 1.11 bits per heavy atom. The summed E-state index contributed by atoms with van der Waals surface area (Å²) in [6.45, 7) is 6.63. The Labute approximate surface area is 171 Å². The molecule has 1 aromatic heterocycles. The van der Waals surface area contributed by atoms with Gasteiger partial charge in [0.05, 0.1) is 11.7 Å². The Kier molecular flexibility index (Phi) is 7.40. The summed E-state index contributed by atoms with van der Waals surface area (Å²) in [6.07, 6.45) is 1.43. The number of benzene rings is 1. The van der Waals surface area contributed by atoms with Gasteiger partial charge in [-0.25, -0.2) is 4.98 Å². The van der Waals surface area contributed by atoms with Crippen molar-refractivity contribution in [2.24, 2.45) is 0 Å². The molecule has 28 heavy (non-hydrogen) atoms. The monoisotopic (exact) mass is 403 g/mol. The van der Waals surface area contributed by atoms with Gasteiger partial charge in [0.15, 0.2) is 0 Å². The highest BCUT2D eigenvalue weighted by molar-refractivity contribution is 6.32. The molecule has 0 radical (unpaired) electrons. The molecular formula is C21H26ClN3O3. The Morgan fingerprint density at radius 3 is 2.25 bits per heavy atom. The summed E-state index contributed by atoms with van der Waals surface area (Å²) >= 11 is 6.20. The summed E-state index contributed by atoms with van der Waals surface area (Å²) in [7, 11) is 3.43. The first kappa shape index (κ1) is 21.7. The van der Waals surface area contributed by atoms with Gasteiger partial charge in [-0.1, -0.05) is 23.7 Å². The number of carbonyl (C=O) groups excluding carboxylic acids is 2. The number of ether oxygens (including phenoxy) is 1. The second-order valence-electron chi connectivity index (χ2n) is 6.89. The standard InChI is InChI=1S/C21H26ClN3O3/c1-6-25(13-15-7-9-16(10-8-15)20(26)24(4)5)21(27)17-11-18(22)19(23-12-17)28-14(2)3/h7-12,14H,6,13H2,1-5H3. The first-order valence-corrected chi connectivity index (χ1v) is 9.52. The van der Waals surface area contributed by atoms with Crippen LogP contribution in [0.2, 0.25) is 5.02 Å². The van der Waals surface area contributed by atoms with Crippen LogP contribution in [0.15, 0.2) is 36.5 Å². The van der Waals surface area contributed by atoms with Crippen LogP contribution in [0.3, 0.4) is 0 Å². The smallest absolute Gasteiger partial charge is 0.255 e. The van der Waals surface area contributed by atoms with E-state index in [0.29, 0.717) is 35.1 Å². The third-order valence-corrected chi connectivity index (χ3v) is 4.32. The van der Waals surface area contributed by atoms with Crippen molar-refractivity contribution in [1.82, 2.24) is 14.8 Å². The Morgan fingerprint density at radius 2 is 1.75 bits per heavy atom. The fourth-order valence-corrected chi connectivity index (χ4v) is 2.80. The van der Waals surface area contributed by atoms with E-state index in [1.807, 2.05) is 32.9 Å². The lowest BCUT2D eigenvalue weighted by Gasteiger charge is -2.21. The predicted molar refractivity (Wildman–Crippen MR) is 110 cm³/mol. The highest BCUT2D eigenvalue weighted by atomic mass is 35.5. The third kappa shape index (κ3) is 5.45. The minimum atomic E-state index is -0.165. The zero-order valence-electron chi connectivity index (χ0n) is 16.9. The first-order chi connectivity index (χ1) is 13.2. The predicted octanol–water partition coefficient (Wildman–Crippen LogP) is 3.89. The Balaban J connectivity index is 2.13. The van der Waals surface area contributed by atoms with Gasteiger partial charge in [0.25, 0.3) is 11.8 Å². The number of hydrogen-bond acceptors (Lipinski definition) is 4. The molecule has 1 aromatic carbocycles. The highest BCUT2D eigenvalue weighted by Crippen LogP contribution is 2.24. The van der Waals surface area contributed by atoms with Gasteiger partial charge in [0.2, 0.25) is 5.88 Å². The second kappa shape index (κ2) is 9.55. The molecule has 2 rings (SSSR count). The molecule has 0 unspecified atom stereocenters. The number of aromatic nitrogens is 1.